The van der Waals surface area contributed by atoms with Gasteiger partial charge in [0.05, 0.1) is 17.7 Å². The minimum absolute atomic E-state index is 0.272. The van der Waals surface area contributed by atoms with Crippen LogP contribution in [-0.2, 0) is 9.53 Å². The second-order valence-corrected chi connectivity index (χ2v) is 5.90. The van der Waals surface area contributed by atoms with E-state index in [4.69, 9.17) is 4.74 Å². The number of benzene rings is 2. The van der Waals surface area contributed by atoms with Crippen LogP contribution in [0, 0.1) is 0 Å². The van der Waals surface area contributed by atoms with Gasteiger partial charge in [-0.15, -0.1) is 0 Å². The number of carbonyl (C=O) groups excluding carboxylic acids is 1. The van der Waals surface area contributed by atoms with Crippen LogP contribution in [-0.4, -0.2) is 18.1 Å². The van der Waals surface area contributed by atoms with E-state index in [-0.39, 0.29) is 5.97 Å². The molecule has 22 heavy (non-hydrogen) atoms. The molecule has 0 saturated carbocycles. The number of pyridine rings is 1. The van der Waals surface area contributed by atoms with Crippen molar-refractivity contribution in [2.24, 2.45) is 0 Å². The summed E-state index contributed by atoms with van der Waals surface area (Å²) in [5.41, 5.74) is 1.83. The van der Waals surface area contributed by atoms with E-state index >= 15 is 0 Å². The van der Waals surface area contributed by atoms with E-state index in [0.717, 1.165) is 21.5 Å². The molecule has 3 nitrogen and oxygen atoms in total. The standard InChI is InChI=1S/C18H15NO2S/c1-21-18(20)17(14-8-3-2-4-9-14)22-16-12-11-13-7-5-6-10-15(13)19-16/h2-12,17H,1H3/t17-/m1/s1. The van der Waals surface area contributed by atoms with E-state index in [0.29, 0.717) is 0 Å². The van der Waals surface area contributed by atoms with Crippen molar-refractivity contribution in [1.82, 2.24) is 4.98 Å². The quantitative estimate of drug-likeness (QED) is 0.534. The molecule has 0 amide bonds. The summed E-state index contributed by atoms with van der Waals surface area (Å²) in [6.07, 6.45) is 0. The Morgan fingerprint density at radius 3 is 2.50 bits per heavy atom. The molecule has 0 aliphatic carbocycles. The molecule has 110 valence electrons. The van der Waals surface area contributed by atoms with Crippen molar-refractivity contribution >= 4 is 28.6 Å². The number of methoxy groups -OCH3 is 1. The maximum Gasteiger partial charge on any atom is 0.323 e. The third-order valence-electron chi connectivity index (χ3n) is 3.33. The Hall–Kier alpha value is -2.33. The number of nitrogens with zero attached hydrogens (tertiary/aromatic N) is 1. The van der Waals surface area contributed by atoms with Gasteiger partial charge in [0, 0.05) is 5.39 Å². The van der Waals surface area contributed by atoms with Crippen molar-refractivity contribution in [3.8, 4) is 0 Å². The molecular formula is C18H15NO2S. The van der Waals surface area contributed by atoms with Crippen molar-refractivity contribution in [2.45, 2.75) is 10.3 Å². The number of hydrogen-bond donors (Lipinski definition) is 0. The second-order valence-electron chi connectivity index (χ2n) is 4.77. The molecule has 0 saturated heterocycles. The van der Waals surface area contributed by atoms with Crippen LogP contribution in [0.1, 0.15) is 10.8 Å². The summed E-state index contributed by atoms with van der Waals surface area (Å²) >= 11 is 1.40. The van der Waals surface area contributed by atoms with Gasteiger partial charge in [0.2, 0.25) is 0 Å². The lowest BCUT2D eigenvalue weighted by Crippen LogP contribution is -2.11. The zero-order valence-corrected chi connectivity index (χ0v) is 12.9. The third-order valence-corrected chi connectivity index (χ3v) is 4.50. The first kappa shape index (κ1) is 14.6. The highest BCUT2D eigenvalue weighted by atomic mass is 32.2. The predicted molar refractivity (Wildman–Crippen MR) is 88.8 cm³/mol. The Morgan fingerprint density at radius 2 is 1.73 bits per heavy atom. The molecule has 2 aromatic carbocycles. The number of carbonyl (C=O) groups is 1. The minimum atomic E-state index is -0.417. The molecule has 0 N–H and O–H groups in total. The van der Waals surface area contributed by atoms with Gasteiger partial charge in [-0.05, 0) is 17.7 Å². The van der Waals surface area contributed by atoms with Gasteiger partial charge in [-0.3, -0.25) is 4.79 Å². The SMILES string of the molecule is COC(=O)[C@H](Sc1ccc2ccccc2n1)c1ccccc1. The van der Waals surface area contributed by atoms with Gasteiger partial charge in [-0.25, -0.2) is 4.98 Å². The predicted octanol–water partition coefficient (Wildman–Crippen LogP) is 4.24. The molecule has 1 atom stereocenters. The molecule has 0 aliphatic heterocycles. The Labute approximate surface area is 133 Å². The van der Waals surface area contributed by atoms with Gasteiger partial charge in [-0.2, -0.15) is 0 Å². The van der Waals surface area contributed by atoms with Crippen molar-refractivity contribution in [1.29, 1.82) is 0 Å². The summed E-state index contributed by atoms with van der Waals surface area (Å²) in [5, 5.41) is 1.47. The van der Waals surface area contributed by atoms with Gasteiger partial charge in [0.25, 0.3) is 0 Å². The van der Waals surface area contributed by atoms with Crippen molar-refractivity contribution in [2.75, 3.05) is 7.11 Å². The van der Waals surface area contributed by atoms with E-state index < -0.39 is 5.25 Å². The second kappa shape index (κ2) is 6.62. The lowest BCUT2D eigenvalue weighted by atomic mass is 10.1. The van der Waals surface area contributed by atoms with E-state index in [2.05, 4.69) is 4.98 Å². The number of para-hydroxylation sites is 1. The highest BCUT2D eigenvalue weighted by Crippen LogP contribution is 2.35. The minimum Gasteiger partial charge on any atom is -0.468 e. The number of aromatic nitrogens is 1. The van der Waals surface area contributed by atoms with Crippen LogP contribution in [0.3, 0.4) is 0 Å². The molecule has 3 rings (SSSR count). The third kappa shape index (κ3) is 3.12. The Bertz CT molecular complexity index is 789. The van der Waals surface area contributed by atoms with Gasteiger partial charge >= 0.3 is 5.97 Å². The Morgan fingerprint density at radius 1 is 1.00 bits per heavy atom. The molecule has 4 heteroatoms. The van der Waals surface area contributed by atoms with Gasteiger partial charge in [-0.1, -0.05) is 66.4 Å². The molecule has 0 bridgehead atoms. The number of esters is 1. The Kier molecular flexibility index (Phi) is 4.39. The summed E-state index contributed by atoms with van der Waals surface area (Å²) in [4.78, 5) is 16.7. The van der Waals surface area contributed by atoms with Crippen LogP contribution < -0.4 is 0 Å². The van der Waals surface area contributed by atoms with Gasteiger partial charge < -0.3 is 4.74 Å². The van der Waals surface area contributed by atoms with Crippen LogP contribution in [0.2, 0.25) is 0 Å². The van der Waals surface area contributed by atoms with Crippen LogP contribution in [0.25, 0.3) is 10.9 Å². The van der Waals surface area contributed by atoms with Crippen LogP contribution in [0.5, 0.6) is 0 Å². The first-order valence-corrected chi connectivity index (χ1v) is 7.81. The number of hydrogen-bond acceptors (Lipinski definition) is 4. The number of ether oxygens (including phenoxy) is 1. The molecular weight excluding hydrogens is 294 g/mol. The molecule has 0 unspecified atom stereocenters. The summed E-state index contributed by atoms with van der Waals surface area (Å²) in [7, 11) is 1.41. The first-order chi connectivity index (χ1) is 10.8. The van der Waals surface area contributed by atoms with Crippen LogP contribution in [0.4, 0.5) is 0 Å². The maximum atomic E-state index is 12.1. The van der Waals surface area contributed by atoms with Crippen molar-refractivity contribution in [3.63, 3.8) is 0 Å². The monoisotopic (exact) mass is 309 g/mol. The fraction of sp³-hybridized carbons (Fsp3) is 0.111. The Balaban J connectivity index is 1.93. The summed E-state index contributed by atoms with van der Waals surface area (Å²) in [6.45, 7) is 0. The number of thioether (sulfide) groups is 1. The van der Waals surface area contributed by atoms with E-state index in [1.54, 1.807) is 0 Å². The maximum absolute atomic E-state index is 12.1. The molecule has 0 radical (unpaired) electrons. The number of fused-ring (bicyclic) bond motifs is 1. The lowest BCUT2D eigenvalue weighted by Gasteiger charge is -2.14. The van der Waals surface area contributed by atoms with Crippen molar-refractivity contribution in [3.05, 3.63) is 72.3 Å². The summed E-state index contributed by atoms with van der Waals surface area (Å²) in [5.74, 6) is -0.272. The zero-order valence-electron chi connectivity index (χ0n) is 12.1. The number of rotatable bonds is 4. The summed E-state index contributed by atoms with van der Waals surface area (Å²) in [6, 6.07) is 21.5. The molecule has 1 aromatic heterocycles. The van der Waals surface area contributed by atoms with Gasteiger partial charge in [0.1, 0.15) is 5.25 Å². The molecule has 1 heterocycles. The first-order valence-electron chi connectivity index (χ1n) is 6.93. The van der Waals surface area contributed by atoms with Crippen LogP contribution in [0.15, 0.2) is 71.8 Å². The lowest BCUT2D eigenvalue weighted by molar-refractivity contribution is -0.140. The highest BCUT2D eigenvalue weighted by Gasteiger charge is 2.23. The van der Waals surface area contributed by atoms with E-state index in [1.807, 2.05) is 66.7 Å². The van der Waals surface area contributed by atoms with Crippen LogP contribution >= 0.6 is 11.8 Å². The smallest absolute Gasteiger partial charge is 0.323 e. The fourth-order valence-electron chi connectivity index (χ4n) is 2.22. The largest absolute Gasteiger partial charge is 0.468 e. The fourth-order valence-corrected chi connectivity index (χ4v) is 3.25. The molecule has 3 aromatic rings. The average Bonchev–Trinajstić information content (AvgIpc) is 2.59. The summed E-state index contributed by atoms with van der Waals surface area (Å²) < 4.78 is 4.94. The van der Waals surface area contributed by atoms with E-state index in [1.165, 1.54) is 18.9 Å². The zero-order chi connectivity index (χ0) is 15.4. The highest BCUT2D eigenvalue weighted by molar-refractivity contribution is 8.00. The average molecular weight is 309 g/mol. The normalized spacial score (nSPS) is 12.0. The molecule has 0 aliphatic rings. The molecule has 0 fully saturated rings. The topological polar surface area (TPSA) is 39.2 Å². The van der Waals surface area contributed by atoms with Gasteiger partial charge in [0.15, 0.2) is 0 Å². The molecule has 0 spiro atoms. The van der Waals surface area contributed by atoms with Crippen molar-refractivity contribution < 1.29 is 9.53 Å². The van der Waals surface area contributed by atoms with E-state index in [9.17, 15) is 4.79 Å².